The Morgan fingerprint density at radius 2 is 1.89 bits per heavy atom. The van der Waals surface area contributed by atoms with E-state index in [2.05, 4.69) is 0 Å². The average molecular weight is 282 g/mol. The Morgan fingerprint density at radius 1 is 1.11 bits per heavy atom. The normalized spacial score (nSPS) is 10.6. The maximum absolute atomic E-state index is 13.2. The maximum atomic E-state index is 13.2. The van der Waals surface area contributed by atoms with Gasteiger partial charge in [-0.05, 0) is 35.4 Å². The molecule has 0 spiro atoms. The average Bonchev–Trinajstić information content (AvgIpc) is 2.38. The van der Waals surface area contributed by atoms with E-state index in [1.807, 2.05) is 24.3 Å². The molecule has 0 aliphatic rings. The van der Waals surface area contributed by atoms with E-state index in [9.17, 15) is 4.39 Å². The van der Waals surface area contributed by atoms with Gasteiger partial charge in [0.25, 0.3) is 0 Å². The molecule has 18 heavy (non-hydrogen) atoms. The van der Waals surface area contributed by atoms with Crippen LogP contribution < -0.4 is 5.73 Å². The molecule has 0 amide bonds. The number of hydrogen-bond acceptors (Lipinski definition) is 2. The predicted octanol–water partition coefficient (Wildman–Crippen LogP) is 4.23. The van der Waals surface area contributed by atoms with Gasteiger partial charge >= 0.3 is 0 Å². The molecule has 0 heterocycles. The summed E-state index contributed by atoms with van der Waals surface area (Å²) >= 11 is 7.66. The van der Waals surface area contributed by atoms with E-state index in [4.69, 9.17) is 17.3 Å². The van der Waals surface area contributed by atoms with Crippen LogP contribution in [-0.2, 0) is 12.3 Å². The van der Waals surface area contributed by atoms with Gasteiger partial charge in [-0.25, -0.2) is 4.39 Å². The zero-order valence-electron chi connectivity index (χ0n) is 9.70. The fourth-order valence-electron chi connectivity index (χ4n) is 1.65. The lowest BCUT2D eigenvalue weighted by molar-refractivity contribution is 0.625. The van der Waals surface area contributed by atoms with Crippen LogP contribution in [0.1, 0.15) is 11.1 Å². The Morgan fingerprint density at radius 3 is 2.61 bits per heavy atom. The first kappa shape index (κ1) is 13.4. The minimum atomic E-state index is -0.234. The van der Waals surface area contributed by atoms with Crippen molar-refractivity contribution in [2.75, 3.05) is 0 Å². The highest BCUT2D eigenvalue weighted by molar-refractivity contribution is 7.98. The number of rotatable bonds is 4. The second-order valence-corrected chi connectivity index (χ2v) is 5.26. The number of nitrogens with two attached hydrogens (primary N) is 1. The Labute approximate surface area is 115 Å². The van der Waals surface area contributed by atoms with Crippen LogP contribution in [0.2, 0.25) is 5.02 Å². The highest BCUT2D eigenvalue weighted by Crippen LogP contribution is 2.30. The van der Waals surface area contributed by atoms with Gasteiger partial charge in [-0.1, -0.05) is 29.8 Å². The summed E-state index contributed by atoms with van der Waals surface area (Å²) < 4.78 is 13.2. The van der Waals surface area contributed by atoms with Gasteiger partial charge in [0.05, 0.1) is 5.02 Å². The molecule has 0 atom stereocenters. The molecule has 0 saturated carbocycles. The summed E-state index contributed by atoms with van der Waals surface area (Å²) in [6.45, 7) is 0.415. The standard InChI is InChI=1S/C14H13ClFNS/c15-13-3-1-2-4-14(13)18-9-11-7-12(16)6-5-10(11)8-17/h1-7H,8-9,17H2. The number of benzene rings is 2. The molecule has 0 unspecified atom stereocenters. The highest BCUT2D eigenvalue weighted by Gasteiger charge is 2.05. The maximum Gasteiger partial charge on any atom is 0.123 e. The number of thioether (sulfide) groups is 1. The van der Waals surface area contributed by atoms with Crippen LogP contribution >= 0.6 is 23.4 Å². The van der Waals surface area contributed by atoms with E-state index in [0.717, 1.165) is 16.0 Å². The van der Waals surface area contributed by atoms with E-state index in [1.165, 1.54) is 12.1 Å². The first-order chi connectivity index (χ1) is 8.70. The zero-order chi connectivity index (χ0) is 13.0. The zero-order valence-corrected chi connectivity index (χ0v) is 11.3. The quantitative estimate of drug-likeness (QED) is 0.849. The molecule has 0 bridgehead atoms. The van der Waals surface area contributed by atoms with Crippen LogP contribution in [0.4, 0.5) is 4.39 Å². The summed E-state index contributed by atoms with van der Waals surface area (Å²) in [5, 5.41) is 0.716. The summed E-state index contributed by atoms with van der Waals surface area (Å²) in [7, 11) is 0. The van der Waals surface area contributed by atoms with Gasteiger partial charge < -0.3 is 5.73 Å². The topological polar surface area (TPSA) is 26.0 Å². The van der Waals surface area contributed by atoms with Crippen molar-refractivity contribution in [1.82, 2.24) is 0 Å². The van der Waals surface area contributed by atoms with Crippen molar-refractivity contribution in [3.05, 3.63) is 64.4 Å². The summed E-state index contributed by atoms with van der Waals surface area (Å²) in [5.74, 6) is 0.426. The van der Waals surface area contributed by atoms with Crippen LogP contribution in [0.25, 0.3) is 0 Å². The van der Waals surface area contributed by atoms with Crippen molar-refractivity contribution in [3.8, 4) is 0 Å². The molecule has 2 aromatic carbocycles. The lowest BCUT2D eigenvalue weighted by Crippen LogP contribution is -2.01. The van der Waals surface area contributed by atoms with Gasteiger partial charge in [-0.2, -0.15) is 0 Å². The van der Waals surface area contributed by atoms with Gasteiger partial charge in [0.2, 0.25) is 0 Å². The summed E-state index contributed by atoms with van der Waals surface area (Å²) in [5.41, 5.74) is 7.53. The fraction of sp³-hybridized carbons (Fsp3) is 0.143. The van der Waals surface area contributed by atoms with E-state index < -0.39 is 0 Å². The largest absolute Gasteiger partial charge is 0.326 e. The molecule has 0 saturated heterocycles. The molecule has 2 rings (SSSR count). The highest BCUT2D eigenvalue weighted by atomic mass is 35.5. The van der Waals surface area contributed by atoms with E-state index in [-0.39, 0.29) is 5.82 Å². The SMILES string of the molecule is NCc1ccc(F)cc1CSc1ccccc1Cl. The van der Waals surface area contributed by atoms with E-state index in [0.29, 0.717) is 17.3 Å². The van der Waals surface area contributed by atoms with Crippen LogP contribution in [0.3, 0.4) is 0 Å². The predicted molar refractivity (Wildman–Crippen MR) is 75.3 cm³/mol. The number of halogens is 2. The lowest BCUT2D eigenvalue weighted by Gasteiger charge is -2.08. The molecule has 0 fully saturated rings. The Balaban J connectivity index is 2.15. The molecular weight excluding hydrogens is 269 g/mol. The van der Waals surface area contributed by atoms with Crippen LogP contribution in [0.15, 0.2) is 47.4 Å². The van der Waals surface area contributed by atoms with Crippen molar-refractivity contribution in [1.29, 1.82) is 0 Å². The second-order valence-electron chi connectivity index (χ2n) is 3.84. The molecule has 0 aliphatic carbocycles. The Kier molecular flexibility index (Phi) is 4.64. The first-order valence-electron chi connectivity index (χ1n) is 5.55. The first-order valence-corrected chi connectivity index (χ1v) is 6.92. The van der Waals surface area contributed by atoms with Crippen LogP contribution in [0.5, 0.6) is 0 Å². The molecule has 0 radical (unpaired) electrons. The summed E-state index contributed by atoms with van der Waals surface area (Å²) in [6, 6.07) is 12.3. The smallest absolute Gasteiger partial charge is 0.123 e. The molecule has 94 valence electrons. The molecule has 2 aromatic rings. The third-order valence-corrected chi connectivity index (χ3v) is 4.17. The Hall–Kier alpha value is -1.03. The van der Waals surface area contributed by atoms with Gasteiger partial charge in [-0.15, -0.1) is 11.8 Å². The van der Waals surface area contributed by atoms with Gasteiger partial charge in [0.1, 0.15) is 5.82 Å². The molecule has 4 heteroatoms. The number of hydrogen-bond donors (Lipinski definition) is 1. The van der Waals surface area contributed by atoms with Crippen molar-refractivity contribution < 1.29 is 4.39 Å². The Bertz CT molecular complexity index is 545. The summed E-state index contributed by atoms with van der Waals surface area (Å²) in [4.78, 5) is 0.992. The fourth-order valence-corrected chi connectivity index (χ4v) is 2.91. The lowest BCUT2D eigenvalue weighted by atomic mass is 10.1. The minimum Gasteiger partial charge on any atom is -0.326 e. The van der Waals surface area contributed by atoms with Gasteiger partial charge in [0, 0.05) is 17.2 Å². The monoisotopic (exact) mass is 281 g/mol. The molecule has 0 aromatic heterocycles. The van der Waals surface area contributed by atoms with Crippen LogP contribution in [-0.4, -0.2) is 0 Å². The second kappa shape index (κ2) is 6.23. The molecule has 0 aliphatic heterocycles. The van der Waals surface area contributed by atoms with Crippen molar-refractivity contribution in [2.45, 2.75) is 17.2 Å². The third-order valence-electron chi connectivity index (χ3n) is 2.61. The minimum absolute atomic E-state index is 0.234. The van der Waals surface area contributed by atoms with Crippen LogP contribution in [0, 0.1) is 5.82 Å². The molecular formula is C14H13ClFNS. The van der Waals surface area contributed by atoms with E-state index >= 15 is 0 Å². The van der Waals surface area contributed by atoms with E-state index in [1.54, 1.807) is 17.8 Å². The van der Waals surface area contributed by atoms with Crippen molar-refractivity contribution in [3.63, 3.8) is 0 Å². The van der Waals surface area contributed by atoms with Crippen molar-refractivity contribution in [2.24, 2.45) is 5.73 Å². The third kappa shape index (κ3) is 3.25. The molecule has 1 nitrogen and oxygen atoms in total. The summed E-state index contributed by atoms with van der Waals surface area (Å²) in [6.07, 6.45) is 0. The van der Waals surface area contributed by atoms with Gasteiger partial charge in [0.15, 0.2) is 0 Å². The van der Waals surface area contributed by atoms with Gasteiger partial charge in [-0.3, -0.25) is 0 Å². The molecule has 2 N–H and O–H groups in total. The van der Waals surface area contributed by atoms with Crippen molar-refractivity contribution >= 4 is 23.4 Å².